The van der Waals surface area contributed by atoms with E-state index in [-0.39, 0.29) is 12.5 Å². The maximum atomic E-state index is 12.1. The Morgan fingerprint density at radius 1 is 1.27 bits per heavy atom. The Morgan fingerprint density at radius 3 is 2.68 bits per heavy atom. The molecule has 1 amide bonds. The van der Waals surface area contributed by atoms with Crippen molar-refractivity contribution in [2.24, 2.45) is 0 Å². The highest BCUT2D eigenvalue weighted by atomic mass is 16.3. The number of furan rings is 1. The average Bonchev–Trinajstić information content (AvgIpc) is 3.06. The van der Waals surface area contributed by atoms with Gasteiger partial charge in [-0.25, -0.2) is 0 Å². The summed E-state index contributed by atoms with van der Waals surface area (Å²) < 4.78 is 5.19. The van der Waals surface area contributed by atoms with E-state index in [4.69, 9.17) is 4.42 Å². The van der Waals surface area contributed by atoms with Crippen LogP contribution in [0.3, 0.4) is 0 Å². The Kier molecular flexibility index (Phi) is 6.03. The summed E-state index contributed by atoms with van der Waals surface area (Å²) in [7, 11) is 0. The second-order valence-electron chi connectivity index (χ2n) is 5.13. The van der Waals surface area contributed by atoms with Crippen molar-refractivity contribution < 1.29 is 14.3 Å². The number of benzene rings is 1. The van der Waals surface area contributed by atoms with E-state index in [1.54, 1.807) is 12.3 Å². The zero-order valence-corrected chi connectivity index (χ0v) is 12.7. The van der Waals surface area contributed by atoms with Crippen molar-refractivity contribution in [3.05, 3.63) is 54.5 Å². The molecule has 0 aliphatic rings. The molecule has 0 unspecified atom stereocenters. The van der Waals surface area contributed by atoms with Gasteiger partial charge in [0.1, 0.15) is 5.76 Å². The number of aliphatic hydroxyl groups excluding tert-OH is 1. The molecule has 0 bridgehead atoms. The molecule has 5 nitrogen and oxygen atoms in total. The molecule has 0 spiro atoms. The average molecular weight is 302 g/mol. The van der Waals surface area contributed by atoms with Gasteiger partial charge in [-0.2, -0.15) is 0 Å². The number of anilines is 1. The monoisotopic (exact) mass is 302 g/mol. The third-order valence-corrected chi connectivity index (χ3v) is 3.40. The van der Waals surface area contributed by atoms with E-state index in [0.717, 1.165) is 5.69 Å². The molecule has 2 N–H and O–H groups in total. The fraction of sp³-hybridized carbons (Fsp3) is 0.353. The number of aliphatic hydroxyl groups is 1. The standard InChI is InChI=1S/C17H22N2O3/c1-2-15(20)12-19(14-7-4-3-5-8-14)13-17(21)18-11-16-9-6-10-22-16/h3-10,15,20H,2,11-13H2,1H3,(H,18,21)/t15-/m1/s1. The zero-order chi connectivity index (χ0) is 15.8. The van der Waals surface area contributed by atoms with E-state index in [9.17, 15) is 9.90 Å². The van der Waals surface area contributed by atoms with Gasteiger partial charge in [-0.05, 0) is 30.7 Å². The van der Waals surface area contributed by atoms with Crippen molar-refractivity contribution in [3.63, 3.8) is 0 Å². The fourth-order valence-corrected chi connectivity index (χ4v) is 2.11. The summed E-state index contributed by atoms with van der Waals surface area (Å²) in [5.74, 6) is 0.608. The van der Waals surface area contributed by atoms with Crippen LogP contribution in [0.15, 0.2) is 53.1 Å². The van der Waals surface area contributed by atoms with E-state index in [1.807, 2.05) is 48.2 Å². The topological polar surface area (TPSA) is 65.7 Å². The molecule has 2 rings (SSSR count). The third kappa shape index (κ3) is 4.93. The number of nitrogens with one attached hydrogen (secondary N) is 1. The van der Waals surface area contributed by atoms with Crippen molar-refractivity contribution in [2.45, 2.75) is 26.0 Å². The quantitative estimate of drug-likeness (QED) is 0.784. The van der Waals surface area contributed by atoms with Crippen LogP contribution in [0.2, 0.25) is 0 Å². The first-order chi connectivity index (χ1) is 10.7. The predicted octanol–water partition coefficient (Wildman–Crippen LogP) is 2.17. The van der Waals surface area contributed by atoms with Gasteiger partial charge in [0.05, 0.1) is 25.5 Å². The first-order valence-corrected chi connectivity index (χ1v) is 7.46. The van der Waals surface area contributed by atoms with Gasteiger partial charge in [-0.15, -0.1) is 0 Å². The molecule has 0 aliphatic carbocycles. The summed E-state index contributed by atoms with van der Waals surface area (Å²) in [6.45, 7) is 2.91. The summed E-state index contributed by atoms with van der Waals surface area (Å²) in [6, 6.07) is 13.2. The molecular weight excluding hydrogens is 280 g/mol. The minimum absolute atomic E-state index is 0.108. The summed E-state index contributed by atoms with van der Waals surface area (Å²) >= 11 is 0. The van der Waals surface area contributed by atoms with Crippen LogP contribution < -0.4 is 10.2 Å². The normalized spacial score (nSPS) is 11.9. The van der Waals surface area contributed by atoms with Crippen LogP contribution in [0.1, 0.15) is 19.1 Å². The molecule has 2 aromatic rings. The van der Waals surface area contributed by atoms with Crippen LogP contribution in [0.25, 0.3) is 0 Å². The van der Waals surface area contributed by atoms with Gasteiger partial charge in [0.15, 0.2) is 0 Å². The Hall–Kier alpha value is -2.27. The largest absolute Gasteiger partial charge is 0.467 e. The SMILES string of the molecule is CC[C@@H](O)CN(CC(=O)NCc1ccco1)c1ccccc1. The number of rotatable bonds is 8. The molecule has 0 aliphatic heterocycles. The smallest absolute Gasteiger partial charge is 0.239 e. The van der Waals surface area contributed by atoms with Crippen molar-refractivity contribution >= 4 is 11.6 Å². The number of nitrogens with zero attached hydrogens (tertiary/aromatic N) is 1. The molecule has 1 atom stereocenters. The van der Waals surface area contributed by atoms with Crippen LogP contribution in [0.5, 0.6) is 0 Å². The van der Waals surface area contributed by atoms with Gasteiger partial charge in [-0.1, -0.05) is 25.1 Å². The lowest BCUT2D eigenvalue weighted by Crippen LogP contribution is -2.40. The van der Waals surface area contributed by atoms with E-state index in [0.29, 0.717) is 25.3 Å². The van der Waals surface area contributed by atoms with Gasteiger partial charge in [-0.3, -0.25) is 4.79 Å². The molecule has 0 saturated heterocycles. The van der Waals surface area contributed by atoms with Crippen molar-refractivity contribution in [1.82, 2.24) is 5.32 Å². The lowest BCUT2D eigenvalue weighted by Gasteiger charge is -2.26. The number of amides is 1. The van der Waals surface area contributed by atoms with Gasteiger partial charge in [0.25, 0.3) is 0 Å². The molecule has 5 heteroatoms. The highest BCUT2D eigenvalue weighted by molar-refractivity contribution is 5.81. The highest BCUT2D eigenvalue weighted by Gasteiger charge is 2.15. The molecule has 0 saturated carbocycles. The summed E-state index contributed by atoms with van der Waals surface area (Å²) in [4.78, 5) is 14.0. The number of para-hydroxylation sites is 1. The second-order valence-corrected chi connectivity index (χ2v) is 5.13. The minimum atomic E-state index is -0.460. The Labute approximate surface area is 130 Å². The fourth-order valence-electron chi connectivity index (χ4n) is 2.11. The number of carbonyl (C=O) groups excluding carboxylic acids is 1. The van der Waals surface area contributed by atoms with E-state index >= 15 is 0 Å². The summed E-state index contributed by atoms with van der Waals surface area (Å²) in [5.41, 5.74) is 0.920. The molecule has 0 fully saturated rings. The molecule has 1 aromatic carbocycles. The van der Waals surface area contributed by atoms with E-state index in [2.05, 4.69) is 5.32 Å². The molecule has 1 heterocycles. The van der Waals surface area contributed by atoms with Crippen molar-refractivity contribution in [1.29, 1.82) is 0 Å². The summed E-state index contributed by atoms with van der Waals surface area (Å²) in [5, 5.41) is 12.7. The lowest BCUT2D eigenvalue weighted by molar-refractivity contribution is -0.120. The van der Waals surface area contributed by atoms with Gasteiger partial charge in [0, 0.05) is 12.2 Å². The third-order valence-electron chi connectivity index (χ3n) is 3.40. The van der Waals surface area contributed by atoms with Crippen LogP contribution in [0.4, 0.5) is 5.69 Å². The molecule has 118 valence electrons. The Morgan fingerprint density at radius 2 is 2.05 bits per heavy atom. The first kappa shape index (κ1) is 16.1. The highest BCUT2D eigenvalue weighted by Crippen LogP contribution is 2.14. The molecule has 1 aromatic heterocycles. The van der Waals surface area contributed by atoms with Gasteiger partial charge in [0.2, 0.25) is 5.91 Å². The van der Waals surface area contributed by atoms with E-state index < -0.39 is 6.10 Å². The van der Waals surface area contributed by atoms with Crippen LogP contribution in [-0.2, 0) is 11.3 Å². The zero-order valence-electron chi connectivity index (χ0n) is 12.7. The maximum Gasteiger partial charge on any atom is 0.239 e. The van der Waals surface area contributed by atoms with E-state index in [1.165, 1.54) is 0 Å². The Bertz CT molecular complexity index is 555. The van der Waals surface area contributed by atoms with Gasteiger partial charge < -0.3 is 19.7 Å². The summed E-state index contributed by atoms with van der Waals surface area (Å²) in [6.07, 6.45) is 1.77. The number of carbonyl (C=O) groups is 1. The first-order valence-electron chi connectivity index (χ1n) is 7.46. The predicted molar refractivity (Wildman–Crippen MR) is 85.5 cm³/mol. The van der Waals surface area contributed by atoms with Crippen molar-refractivity contribution in [3.8, 4) is 0 Å². The molecule has 0 radical (unpaired) electrons. The van der Waals surface area contributed by atoms with Crippen LogP contribution in [0, 0.1) is 0 Å². The van der Waals surface area contributed by atoms with Crippen molar-refractivity contribution in [2.75, 3.05) is 18.0 Å². The van der Waals surface area contributed by atoms with Gasteiger partial charge >= 0.3 is 0 Å². The molecular formula is C17H22N2O3. The molecule has 22 heavy (non-hydrogen) atoms. The number of hydrogen-bond donors (Lipinski definition) is 2. The van der Waals surface area contributed by atoms with Crippen LogP contribution >= 0.6 is 0 Å². The Balaban J connectivity index is 1.94. The number of hydrogen-bond acceptors (Lipinski definition) is 4. The van der Waals surface area contributed by atoms with Crippen LogP contribution in [-0.4, -0.2) is 30.2 Å². The second kappa shape index (κ2) is 8.24. The lowest BCUT2D eigenvalue weighted by atomic mass is 10.2. The minimum Gasteiger partial charge on any atom is -0.467 e. The maximum absolute atomic E-state index is 12.1.